The third-order valence-corrected chi connectivity index (χ3v) is 3.84. The van der Waals surface area contributed by atoms with Crippen molar-refractivity contribution in [2.24, 2.45) is 5.92 Å². The first-order valence-corrected chi connectivity index (χ1v) is 7.40. The van der Waals surface area contributed by atoms with E-state index in [1.54, 1.807) is 11.1 Å². The molecule has 2 aliphatic rings. The number of amides is 1. The van der Waals surface area contributed by atoms with E-state index in [1.807, 2.05) is 0 Å². The van der Waals surface area contributed by atoms with Gasteiger partial charge in [-0.3, -0.25) is 9.78 Å². The van der Waals surface area contributed by atoms with Crippen molar-refractivity contribution in [3.8, 4) is 0 Å². The van der Waals surface area contributed by atoms with Gasteiger partial charge in [0.1, 0.15) is 23.8 Å². The maximum absolute atomic E-state index is 12.3. The number of hydrogen-bond donors (Lipinski definition) is 0. The highest BCUT2D eigenvalue weighted by Crippen LogP contribution is 2.29. The second-order valence-electron chi connectivity index (χ2n) is 5.69. The van der Waals surface area contributed by atoms with Crippen LogP contribution < -0.4 is 0 Å². The van der Waals surface area contributed by atoms with Crippen LogP contribution in [0.1, 0.15) is 40.7 Å². The van der Waals surface area contributed by atoms with Gasteiger partial charge in [0.25, 0.3) is 5.91 Å². The van der Waals surface area contributed by atoms with Crippen LogP contribution in [-0.2, 0) is 24.4 Å². The van der Waals surface area contributed by atoms with Crippen molar-refractivity contribution in [1.29, 1.82) is 0 Å². The van der Waals surface area contributed by atoms with Crippen molar-refractivity contribution in [2.45, 2.75) is 32.5 Å². The number of carbonyl (C=O) groups is 1. The molecule has 1 amide bonds. The molecule has 22 heavy (non-hydrogen) atoms. The summed E-state index contributed by atoms with van der Waals surface area (Å²) in [5.74, 6) is 1.90. The molecule has 0 spiro atoms. The number of carbonyl (C=O) groups excluding carboxylic acids is 1. The smallest absolute Gasteiger partial charge is 0.274 e. The third kappa shape index (κ3) is 2.71. The lowest BCUT2D eigenvalue weighted by molar-refractivity contribution is 0.0723. The Hall–Kier alpha value is -2.28. The fraction of sp³-hybridized carbons (Fsp3) is 0.467. The lowest BCUT2D eigenvalue weighted by Crippen LogP contribution is -2.26. The quantitative estimate of drug-likeness (QED) is 0.833. The maximum Gasteiger partial charge on any atom is 0.274 e. The number of rotatable bonds is 5. The fourth-order valence-electron chi connectivity index (χ4n) is 2.47. The molecule has 4 rings (SSSR count). The number of nitrogens with zero attached hydrogens (tertiary/aromatic N) is 4. The molecule has 1 aliphatic heterocycles. The predicted molar refractivity (Wildman–Crippen MR) is 74.5 cm³/mol. The van der Waals surface area contributed by atoms with Crippen LogP contribution in [0.4, 0.5) is 0 Å². The SMILES string of the molecule is O=C(c1cnccn1)N1Cc2nc(COCC3CC3)oc2C1. The zero-order chi connectivity index (χ0) is 14.9. The number of aromatic nitrogens is 3. The highest BCUT2D eigenvalue weighted by Gasteiger charge is 2.30. The lowest BCUT2D eigenvalue weighted by atomic mass is 10.4. The average Bonchev–Trinajstić information content (AvgIpc) is 3.16. The Labute approximate surface area is 127 Å². The summed E-state index contributed by atoms with van der Waals surface area (Å²) >= 11 is 0. The molecule has 0 aromatic carbocycles. The van der Waals surface area contributed by atoms with Gasteiger partial charge >= 0.3 is 0 Å². The molecule has 2 aromatic heterocycles. The van der Waals surface area contributed by atoms with E-state index in [2.05, 4.69) is 15.0 Å². The first kappa shape index (κ1) is 13.4. The van der Waals surface area contributed by atoms with Crippen LogP contribution in [0.25, 0.3) is 0 Å². The molecule has 114 valence electrons. The Morgan fingerprint density at radius 1 is 1.36 bits per heavy atom. The number of oxazole rings is 1. The Morgan fingerprint density at radius 3 is 3.00 bits per heavy atom. The zero-order valence-corrected chi connectivity index (χ0v) is 12.1. The Bertz CT molecular complexity index is 658. The summed E-state index contributed by atoms with van der Waals surface area (Å²) < 4.78 is 11.2. The van der Waals surface area contributed by atoms with E-state index in [-0.39, 0.29) is 5.91 Å². The van der Waals surface area contributed by atoms with E-state index in [9.17, 15) is 4.79 Å². The van der Waals surface area contributed by atoms with Gasteiger partial charge in [-0.25, -0.2) is 9.97 Å². The molecule has 0 atom stereocenters. The summed E-state index contributed by atoms with van der Waals surface area (Å²) in [7, 11) is 0. The zero-order valence-electron chi connectivity index (χ0n) is 12.1. The first-order valence-electron chi connectivity index (χ1n) is 7.40. The highest BCUT2D eigenvalue weighted by atomic mass is 16.5. The fourth-order valence-corrected chi connectivity index (χ4v) is 2.47. The van der Waals surface area contributed by atoms with E-state index in [0.717, 1.165) is 24.0 Å². The Balaban J connectivity index is 1.37. The molecule has 2 aromatic rings. The third-order valence-electron chi connectivity index (χ3n) is 3.84. The lowest BCUT2D eigenvalue weighted by Gasteiger charge is -2.13. The van der Waals surface area contributed by atoms with E-state index in [1.165, 1.54) is 25.2 Å². The molecule has 7 heteroatoms. The van der Waals surface area contributed by atoms with Crippen LogP contribution in [0.2, 0.25) is 0 Å². The number of hydrogen-bond acceptors (Lipinski definition) is 6. The number of fused-ring (bicyclic) bond motifs is 1. The molecule has 1 aliphatic carbocycles. The van der Waals surface area contributed by atoms with Gasteiger partial charge in [0.2, 0.25) is 5.89 Å². The van der Waals surface area contributed by atoms with E-state index in [4.69, 9.17) is 9.15 Å². The molecule has 0 bridgehead atoms. The molecule has 1 saturated carbocycles. The maximum atomic E-state index is 12.3. The first-order chi connectivity index (χ1) is 10.8. The molecular formula is C15H16N4O3. The second-order valence-corrected chi connectivity index (χ2v) is 5.69. The Kier molecular flexibility index (Phi) is 3.34. The summed E-state index contributed by atoms with van der Waals surface area (Å²) in [5, 5.41) is 0. The highest BCUT2D eigenvalue weighted by molar-refractivity contribution is 5.92. The standard InChI is InChI=1S/C15H16N4O3/c20-15(11-5-16-3-4-17-11)19-6-12-13(7-19)22-14(18-12)9-21-8-10-1-2-10/h3-5,10H,1-2,6-9H2. The van der Waals surface area contributed by atoms with Crippen molar-refractivity contribution >= 4 is 5.91 Å². The van der Waals surface area contributed by atoms with Crippen molar-refractivity contribution in [2.75, 3.05) is 6.61 Å². The topological polar surface area (TPSA) is 81.4 Å². The van der Waals surface area contributed by atoms with Gasteiger partial charge in [-0.2, -0.15) is 0 Å². The summed E-state index contributed by atoms with van der Waals surface area (Å²) in [6.45, 7) is 2.04. The van der Waals surface area contributed by atoms with Crippen LogP contribution in [0.5, 0.6) is 0 Å². The van der Waals surface area contributed by atoms with Crippen LogP contribution in [0.15, 0.2) is 23.0 Å². The van der Waals surface area contributed by atoms with Gasteiger partial charge in [-0.15, -0.1) is 0 Å². The van der Waals surface area contributed by atoms with Crippen LogP contribution >= 0.6 is 0 Å². The summed E-state index contributed by atoms with van der Waals surface area (Å²) in [5.41, 5.74) is 1.14. The average molecular weight is 300 g/mol. The van der Waals surface area contributed by atoms with Gasteiger partial charge in [-0.05, 0) is 18.8 Å². The number of ether oxygens (including phenoxy) is 1. The second kappa shape index (κ2) is 5.49. The molecule has 7 nitrogen and oxygen atoms in total. The van der Waals surface area contributed by atoms with Crippen LogP contribution in [0.3, 0.4) is 0 Å². The van der Waals surface area contributed by atoms with Crippen molar-refractivity contribution in [1.82, 2.24) is 19.9 Å². The molecule has 0 unspecified atom stereocenters. The molecule has 0 N–H and O–H groups in total. The van der Waals surface area contributed by atoms with Crippen molar-refractivity contribution < 1.29 is 13.9 Å². The minimum Gasteiger partial charge on any atom is -0.441 e. The van der Waals surface area contributed by atoms with E-state index in [0.29, 0.717) is 31.3 Å². The minimum absolute atomic E-state index is 0.159. The molecule has 0 saturated heterocycles. The van der Waals surface area contributed by atoms with Crippen molar-refractivity contribution in [3.05, 3.63) is 41.6 Å². The monoisotopic (exact) mass is 300 g/mol. The molecule has 1 fully saturated rings. The summed E-state index contributed by atoms with van der Waals surface area (Å²) in [6.07, 6.45) is 7.05. The molecular weight excluding hydrogens is 284 g/mol. The largest absolute Gasteiger partial charge is 0.441 e. The van der Waals surface area contributed by atoms with Gasteiger partial charge in [0, 0.05) is 12.4 Å². The summed E-state index contributed by atoms with van der Waals surface area (Å²) in [6, 6.07) is 0. The van der Waals surface area contributed by atoms with Gasteiger partial charge < -0.3 is 14.1 Å². The summed E-state index contributed by atoms with van der Waals surface area (Å²) in [4.78, 5) is 26.3. The normalized spacial score (nSPS) is 16.8. The van der Waals surface area contributed by atoms with E-state index >= 15 is 0 Å². The minimum atomic E-state index is -0.159. The van der Waals surface area contributed by atoms with Gasteiger partial charge in [-0.1, -0.05) is 0 Å². The van der Waals surface area contributed by atoms with Gasteiger partial charge in [0.15, 0.2) is 0 Å². The molecule has 0 radical (unpaired) electrons. The van der Waals surface area contributed by atoms with E-state index < -0.39 is 0 Å². The van der Waals surface area contributed by atoms with Crippen LogP contribution in [-0.4, -0.2) is 32.4 Å². The molecule has 3 heterocycles. The predicted octanol–water partition coefficient (Wildman–Crippen LogP) is 1.55. The van der Waals surface area contributed by atoms with Gasteiger partial charge in [0.05, 0.1) is 25.9 Å². The van der Waals surface area contributed by atoms with Crippen LogP contribution in [0, 0.1) is 5.92 Å². The van der Waals surface area contributed by atoms with Crippen molar-refractivity contribution in [3.63, 3.8) is 0 Å². The Morgan fingerprint density at radius 2 is 2.27 bits per heavy atom.